The van der Waals surface area contributed by atoms with Gasteiger partial charge in [-0.25, -0.2) is 4.79 Å². The van der Waals surface area contributed by atoms with Gasteiger partial charge in [0, 0.05) is 42.2 Å². The summed E-state index contributed by atoms with van der Waals surface area (Å²) < 4.78 is 11.0. The Labute approximate surface area is 135 Å². The molecule has 2 N–H and O–H groups in total. The molecule has 2 amide bonds. The molecule has 3 rings (SSSR count). The van der Waals surface area contributed by atoms with Gasteiger partial charge in [-0.2, -0.15) is 0 Å². The zero-order valence-corrected chi connectivity index (χ0v) is 13.7. The molecule has 1 aromatic carbocycles. The van der Waals surface area contributed by atoms with Crippen LogP contribution in [0.3, 0.4) is 0 Å². The summed E-state index contributed by atoms with van der Waals surface area (Å²) in [6, 6.07) is 7.81. The van der Waals surface area contributed by atoms with Gasteiger partial charge in [-0.3, -0.25) is 0 Å². The lowest BCUT2D eigenvalue weighted by molar-refractivity contribution is -0.0798. The lowest BCUT2D eigenvalue weighted by Crippen LogP contribution is -2.63. The van der Waals surface area contributed by atoms with Crippen LogP contribution in [0.2, 0.25) is 0 Å². The normalized spacial score (nSPS) is 29.5. The summed E-state index contributed by atoms with van der Waals surface area (Å²) in [6.07, 6.45) is 3.28. The summed E-state index contributed by atoms with van der Waals surface area (Å²) in [6.45, 7) is 1.40. The maximum atomic E-state index is 12.2. The fraction of sp³-hybridized carbons (Fsp3) is 0.562. The zero-order valence-electron chi connectivity index (χ0n) is 12.9. The highest BCUT2D eigenvalue weighted by atomic mass is 32.2. The molecule has 1 aliphatic carbocycles. The van der Waals surface area contributed by atoms with Gasteiger partial charge in [-0.05, 0) is 36.9 Å². The first-order chi connectivity index (χ1) is 10.7. The number of thioether (sulfide) groups is 1. The number of fused-ring (bicyclic) bond motifs is 1. The van der Waals surface area contributed by atoms with E-state index in [0.717, 1.165) is 18.7 Å². The van der Waals surface area contributed by atoms with Gasteiger partial charge in [-0.1, -0.05) is 0 Å². The number of amides is 2. The van der Waals surface area contributed by atoms with Crippen molar-refractivity contribution in [3.63, 3.8) is 0 Å². The predicted molar refractivity (Wildman–Crippen MR) is 87.4 cm³/mol. The van der Waals surface area contributed by atoms with Crippen molar-refractivity contribution in [3.05, 3.63) is 24.3 Å². The van der Waals surface area contributed by atoms with E-state index in [4.69, 9.17) is 9.47 Å². The second-order valence-corrected chi connectivity index (χ2v) is 6.64. The Morgan fingerprint density at radius 1 is 1.41 bits per heavy atom. The van der Waals surface area contributed by atoms with Crippen molar-refractivity contribution in [1.82, 2.24) is 5.32 Å². The molecule has 2 fully saturated rings. The molecule has 1 saturated carbocycles. The highest BCUT2D eigenvalue weighted by molar-refractivity contribution is 7.98. The number of rotatable bonds is 5. The number of ether oxygens (including phenoxy) is 2. The Bertz CT molecular complexity index is 523. The van der Waals surface area contributed by atoms with Gasteiger partial charge in [0.2, 0.25) is 0 Å². The molecular formula is C16H22N2O3S. The van der Waals surface area contributed by atoms with Crippen LogP contribution in [-0.2, 0) is 9.47 Å². The Hall–Kier alpha value is -1.24. The molecule has 0 unspecified atom stereocenters. The largest absolute Gasteiger partial charge is 0.384 e. The number of hydrogen-bond acceptors (Lipinski definition) is 4. The molecule has 22 heavy (non-hydrogen) atoms. The summed E-state index contributed by atoms with van der Waals surface area (Å²) in [7, 11) is 1.69. The van der Waals surface area contributed by atoms with Crippen LogP contribution in [0.1, 0.15) is 6.42 Å². The average Bonchev–Trinajstić information content (AvgIpc) is 2.96. The smallest absolute Gasteiger partial charge is 0.319 e. The highest BCUT2D eigenvalue weighted by Crippen LogP contribution is 2.43. The Kier molecular flexibility index (Phi) is 4.90. The van der Waals surface area contributed by atoms with Gasteiger partial charge in [0.1, 0.15) is 0 Å². The van der Waals surface area contributed by atoms with Gasteiger partial charge in [0.25, 0.3) is 0 Å². The van der Waals surface area contributed by atoms with Crippen LogP contribution >= 0.6 is 11.8 Å². The van der Waals surface area contributed by atoms with E-state index in [-0.39, 0.29) is 24.1 Å². The van der Waals surface area contributed by atoms with Gasteiger partial charge in [0.15, 0.2) is 0 Å². The summed E-state index contributed by atoms with van der Waals surface area (Å²) in [4.78, 5) is 13.4. The number of nitrogens with one attached hydrogen (secondary N) is 2. The molecule has 1 aliphatic heterocycles. The van der Waals surface area contributed by atoms with Gasteiger partial charge >= 0.3 is 6.03 Å². The second kappa shape index (κ2) is 6.89. The van der Waals surface area contributed by atoms with Crippen molar-refractivity contribution < 1.29 is 14.3 Å². The molecule has 1 aromatic rings. The van der Waals surface area contributed by atoms with Crippen LogP contribution in [0.15, 0.2) is 29.2 Å². The van der Waals surface area contributed by atoms with Crippen LogP contribution in [0.4, 0.5) is 10.5 Å². The molecule has 1 saturated heterocycles. The first kappa shape index (κ1) is 15.6. The molecule has 6 heteroatoms. The lowest BCUT2D eigenvalue weighted by Gasteiger charge is -2.47. The fourth-order valence-electron chi connectivity index (χ4n) is 3.43. The molecule has 1 heterocycles. The summed E-state index contributed by atoms with van der Waals surface area (Å²) >= 11 is 1.68. The van der Waals surface area contributed by atoms with Crippen LogP contribution in [0.25, 0.3) is 0 Å². The Morgan fingerprint density at radius 3 is 2.86 bits per heavy atom. The Balaban J connectivity index is 1.56. The topological polar surface area (TPSA) is 59.6 Å². The molecule has 5 nitrogen and oxygen atoms in total. The third-order valence-electron chi connectivity index (χ3n) is 4.53. The highest BCUT2D eigenvalue weighted by Gasteiger charge is 2.54. The molecule has 0 spiro atoms. The maximum absolute atomic E-state index is 12.2. The molecule has 0 aromatic heterocycles. The quantitative estimate of drug-likeness (QED) is 0.818. The summed E-state index contributed by atoms with van der Waals surface area (Å²) in [5.74, 6) is 0.673. The van der Waals surface area contributed by atoms with E-state index in [1.165, 1.54) is 4.90 Å². The number of carbonyl (C=O) groups is 1. The number of urea groups is 1. The van der Waals surface area contributed by atoms with Crippen molar-refractivity contribution in [2.24, 2.45) is 11.8 Å². The minimum Gasteiger partial charge on any atom is -0.384 e. The number of hydrogen-bond donors (Lipinski definition) is 2. The van der Waals surface area contributed by atoms with Crippen molar-refractivity contribution in [2.75, 3.05) is 31.9 Å². The number of carbonyl (C=O) groups excluding carboxylic acids is 1. The van der Waals surface area contributed by atoms with Crippen molar-refractivity contribution in [1.29, 1.82) is 0 Å². The van der Waals surface area contributed by atoms with Gasteiger partial charge in [0.05, 0.1) is 12.7 Å². The summed E-state index contributed by atoms with van der Waals surface area (Å²) in [5, 5.41) is 5.98. The van der Waals surface area contributed by atoms with E-state index in [2.05, 4.69) is 10.6 Å². The van der Waals surface area contributed by atoms with Crippen LogP contribution in [0, 0.1) is 11.8 Å². The SMILES string of the molecule is COC[C@H]1[C@@H](NC(=O)Nc2ccc(SC)cc2)[C@H]2CCO[C@H]21. The van der Waals surface area contributed by atoms with Crippen molar-refractivity contribution >= 4 is 23.5 Å². The minimum absolute atomic E-state index is 0.137. The summed E-state index contributed by atoms with van der Waals surface area (Å²) in [5.41, 5.74) is 0.803. The average molecular weight is 322 g/mol. The number of methoxy groups -OCH3 is 1. The van der Waals surface area contributed by atoms with Gasteiger partial charge < -0.3 is 20.1 Å². The van der Waals surface area contributed by atoms with Crippen molar-refractivity contribution in [2.45, 2.75) is 23.5 Å². The molecule has 0 radical (unpaired) electrons. The van der Waals surface area contributed by atoms with E-state index < -0.39 is 0 Å². The second-order valence-electron chi connectivity index (χ2n) is 5.76. The fourth-order valence-corrected chi connectivity index (χ4v) is 3.84. The minimum atomic E-state index is -0.159. The third kappa shape index (κ3) is 3.09. The van der Waals surface area contributed by atoms with E-state index in [1.807, 2.05) is 30.5 Å². The zero-order chi connectivity index (χ0) is 15.5. The van der Waals surface area contributed by atoms with E-state index in [0.29, 0.717) is 12.5 Å². The predicted octanol–water partition coefficient (Wildman–Crippen LogP) is 2.58. The number of anilines is 1. The lowest BCUT2D eigenvalue weighted by atomic mass is 9.67. The standard InChI is InChI=1S/C16H22N2O3S/c1-20-9-13-14(12-7-8-21-15(12)13)18-16(19)17-10-3-5-11(22-2)6-4-10/h3-6,12-15H,7-9H2,1-2H3,(H2,17,18,19)/t12-,13+,14+,15-/m1/s1. The van der Waals surface area contributed by atoms with E-state index >= 15 is 0 Å². The van der Waals surface area contributed by atoms with Crippen molar-refractivity contribution in [3.8, 4) is 0 Å². The first-order valence-electron chi connectivity index (χ1n) is 7.55. The first-order valence-corrected chi connectivity index (χ1v) is 8.77. The molecule has 2 aliphatic rings. The monoisotopic (exact) mass is 322 g/mol. The van der Waals surface area contributed by atoms with Crippen LogP contribution < -0.4 is 10.6 Å². The third-order valence-corrected chi connectivity index (χ3v) is 5.28. The molecule has 0 bridgehead atoms. The van der Waals surface area contributed by atoms with E-state index in [1.54, 1.807) is 18.9 Å². The Morgan fingerprint density at radius 2 is 2.18 bits per heavy atom. The molecule has 120 valence electrons. The number of benzene rings is 1. The van der Waals surface area contributed by atoms with Crippen LogP contribution in [-0.4, -0.2) is 44.8 Å². The molecule has 4 atom stereocenters. The van der Waals surface area contributed by atoms with Crippen LogP contribution in [0.5, 0.6) is 0 Å². The maximum Gasteiger partial charge on any atom is 0.319 e. The van der Waals surface area contributed by atoms with Gasteiger partial charge in [-0.15, -0.1) is 11.8 Å². The molecular weight excluding hydrogens is 300 g/mol. The van der Waals surface area contributed by atoms with E-state index in [9.17, 15) is 4.79 Å².